The molecule has 0 amide bonds. The summed E-state index contributed by atoms with van der Waals surface area (Å²) in [6.07, 6.45) is 6.63. The molecule has 6 aromatic carbocycles. The first-order valence-corrected chi connectivity index (χ1v) is 15.8. The van der Waals surface area contributed by atoms with Gasteiger partial charge in [-0.3, -0.25) is 0 Å². The molecule has 0 radical (unpaired) electrons. The van der Waals surface area contributed by atoms with Gasteiger partial charge in [0.05, 0.1) is 16.6 Å². The number of para-hydroxylation sites is 3. The first kappa shape index (κ1) is 26.4. The van der Waals surface area contributed by atoms with Gasteiger partial charge < -0.3 is 19.1 Å². The van der Waals surface area contributed by atoms with Gasteiger partial charge >= 0.3 is 0 Å². The van der Waals surface area contributed by atoms with E-state index in [0.717, 1.165) is 41.1 Å². The Kier molecular flexibility index (Phi) is 6.07. The first-order chi connectivity index (χ1) is 22.7. The van der Waals surface area contributed by atoms with E-state index in [0.29, 0.717) is 0 Å². The third kappa shape index (κ3) is 4.15. The maximum absolute atomic E-state index is 10.2. The van der Waals surface area contributed by atoms with Gasteiger partial charge in [0.1, 0.15) is 5.75 Å². The van der Waals surface area contributed by atoms with Gasteiger partial charge in [-0.15, -0.1) is 0 Å². The Morgan fingerprint density at radius 2 is 1.07 bits per heavy atom. The lowest BCUT2D eigenvalue weighted by molar-refractivity contribution is 0.475. The van der Waals surface area contributed by atoms with Crippen LogP contribution < -0.4 is 4.90 Å². The second kappa shape index (κ2) is 10.6. The van der Waals surface area contributed by atoms with Crippen LogP contribution in [0.15, 0.2) is 152 Å². The fraction of sp³-hybridized carbons (Fsp3) is 0.0476. The molecule has 0 saturated heterocycles. The van der Waals surface area contributed by atoms with E-state index in [-0.39, 0.29) is 5.75 Å². The predicted octanol–water partition coefficient (Wildman–Crippen LogP) is 10.9. The quantitative estimate of drug-likeness (QED) is 0.215. The zero-order chi connectivity index (χ0) is 30.6. The molecule has 1 aliphatic rings. The summed E-state index contributed by atoms with van der Waals surface area (Å²) < 4.78 is 4.77. The highest BCUT2D eigenvalue weighted by atomic mass is 16.3. The molecule has 0 aliphatic heterocycles. The summed E-state index contributed by atoms with van der Waals surface area (Å²) in [7, 11) is 0. The SMILES string of the molecule is Oc1ccc(N(c2ccc3c(c2)c2c(n3-c3ccccc3)CCC=C2)c2ccc3c(c2)c2ccccc2n3-c2ccccc2)cc1. The Balaban J connectivity index is 1.28. The molecule has 4 heteroatoms. The number of rotatable bonds is 5. The van der Waals surface area contributed by atoms with Crippen molar-refractivity contribution in [3.05, 3.63) is 163 Å². The second-order valence-electron chi connectivity index (χ2n) is 11.9. The van der Waals surface area contributed by atoms with Gasteiger partial charge in [-0.2, -0.15) is 0 Å². The summed E-state index contributed by atoms with van der Waals surface area (Å²) in [6, 6.07) is 50.9. The highest BCUT2D eigenvalue weighted by Crippen LogP contribution is 2.42. The van der Waals surface area contributed by atoms with E-state index < -0.39 is 0 Å². The fourth-order valence-corrected chi connectivity index (χ4v) is 7.22. The van der Waals surface area contributed by atoms with Gasteiger partial charge in [-0.1, -0.05) is 66.7 Å². The van der Waals surface area contributed by atoms with Crippen LogP contribution in [0.25, 0.3) is 50.2 Å². The smallest absolute Gasteiger partial charge is 0.115 e. The number of hydrogen-bond acceptors (Lipinski definition) is 2. The summed E-state index contributed by atoms with van der Waals surface area (Å²) in [5.41, 5.74) is 11.6. The number of hydrogen-bond donors (Lipinski definition) is 1. The monoisotopic (exact) mass is 593 g/mol. The number of aromatic hydroxyl groups is 1. The van der Waals surface area contributed by atoms with Crippen LogP contribution >= 0.6 is 0 Å². The van der Waals surface area contributed by atoms with E-state index in [9.17, 15) is 5.11 Å². The van der Waals surface area contributed by atoms with Crippen molar-refractivity contribution in [3.8, 4) is 17.1 Å². The van der Waals surface area contributed by atoms with Crippen molar-refractivity contribution in [2.75, 3.05) is 4.90 Å². The van der Waals surface area contributed by atoms with Gasteiger partial charge in [0.2, 0.25) is 0 Å². The molecule has 0 spiro atoms. The Hall–Kier alpha value is -6.00. The summed E-state index contributed by atoms with van der Waals surface area (Å²) in [6.45, 7) is 0. The van der Waals surface area contributed by atoms with Gasteiger partial charge in [0.15, 0.2) is 0 Å². The van der Waals surface area contributed by atoms with Gasteiger partial charge in [0.25, 0.3) is 0 Å². The normalized spacial score (nSPS) is 12.6. The molecule has 0 atom stereocenters. The standard InChI is InChI=1S/C42H31N3O/c46-34-23-19-31(20-24-34)43(32-21-25-41-37(27-32)35-15-7-9-17-39(35)44(41)29-11-3-1-4-12-29)33-22-26-42-38(28-33)36-16-8-10-18-40(36)45(42)30-13-5-2-6-14-30/h1-9,11-17,19-28,46H,10,18H2. The second-order valence-corrected chi connectivity index (χ2v) is 11.9. The Morgan fingerprint density at radius 1 is 0.500 bits per heavy atom. The number of phenolic OH excluding ortho intramolecular Hbond substituents is 1. The van der Waals surface area contributed by atoms with Gasteiger partial charge in [-0.25, -0.2) is 0 Å². The van der Waals surface area contributed by atoms with E-state index in [4.69, 9.17) is 0 Å². The molecular formula is C42H31N3O. The minimum Gasteiger partial charge on any atom is -0.508 e. The van der Waals surface area contributed by atoms with Crippen molar-refractivity contribution in [1.29, 1.82) is 0 Å². The van der Waals surface area contributed by atoms with Gasteiger partial charge in [-0.05, 0) is 104 Å². The zero-order valence-electron chi connectivity index (χ0n) is 25.2. The largest absolute Gasteiger partial charge is 0.508 e. The zero-order valence-corrected chi connectivity index (χ0v) is 25.2. The molecule has 46 heavy (non-hydrogen) atoms. The minimum atomic E-state index is 0.250. The highest BCUT2D eigenvalue weighted by Gasteiger charge is 2.22. The summed E-state index contributed by atoms with van der Waals surface area (Å²) >= 11 is 0. The molecule has 4 nitrogen and oxygen atoms in total. The Labute approximate surface area is 267 Å². The number of nitrogens with zero attached hydrogens (tertiary/aromatic N) is 3. The lowest BCUT2D eigenvalue weighted by Crippen LogP contribution is -2.10. The van der Waals surface area contributed by atoms with Crippen LogP contribution in [-0.4, -0.2) is 14.2 Å². The number of phenols is 1. The maximum Gasteiger partial charge on any atom is 0.115 e. The van der Waals surface area contributed by atoms with Crippen molar-refractivity contribution in [2.45, 2.75) is 12.8 Å². The predicted molar refractivity (Wildman–Crippen MR) is 191 cm³/mol. The fourth-order valence-electron chi connectivity index (χ4n) is 7.22. The first-order valence-electron chi connectivity index (χ1n) is 15.8. The summed E-state index contributed by atoms with van der Waals surface area (Å²) in [5, 5.41) is 13.8. The topological polar surface area (TPSA) is 33.3 Å². The van der Waals surface area contributed by atoms with Crippen molar-refractivity contribution in [3.63, 3.8) is 0 Å². The van der Waals surface area contributed by atoms with Crippen LogP contribution in [0.3, 0.4) is 0 Å². The van der Waals surface area contributed by atoms with Crippen LogP contribution in [-0.2, 0) is 6.42 Å². The van der Waals surface area contributed by atoms with Crippen LogP contribution in [0.1, 0.15) is 17.7 Å². The average molecular weight is 594 g/mol. The van der Waals surface area contributed by atoms with Crippen LogP contribution in [0.5, 0.6) is 5.75 Å². The third-order valence-electron chi connectivity index (χ3n) is 9.23. The van der Waals surface area contributed by atoms with Crippen LogP contribution in [0.4, 0.5) is 17.1 Å². The number of aromatic nitrogens is 2. The van der Waals surface area contributed by atoms with Crippen LogP contribution in [0.2, 0.25) is 0 Å². The van der Waals surface area contributed by atoms with Gasteiger partial charge in [0, 0.05) is 55.9 Å². The van der Waals surface area contributed by atoms with Crippen molar-refractivity contribution in [2.24, 2.45) is 0 Å². The van der Waals surface area contributed by atoms with E-state index in [2.05, 4.69) is 148 Å². The molecule has 8 aromatic rings. The van der Waals surface area contributed by atoms with Crippen molar-refractivity contribution < 1.29 is 5.11 Å². The maximum atomic E-state index is 10.2. The molecule has 9 rings (SSSR count). The molecule has 220 valence electrons. The van der Waals surface area contributed by atoms with Crippen molar-refractivity contribution >= 4 is 55.8 Å². The van der Waals surface area contributed by atoms with Crippen molar-refractivity contribution in [1.82, 2.24) is 9.13 Å². The van der Waals surface area contributed by atoms with E-state index in [1.165, 1.54) is 44.1 Å². The lowest BCUT2D eigenvalue weighted by Gasteiger charge is -2.26. The molecule has 2 heterocycles. The van der Waals surface area contributed by atoms with E-state index in [1.54, 1.807) is 12.1 Å². The molecule has 2 aromatic heterocycles. The molecule has 1 N–H and O–H groups in total. The number of anilines is 3. The Bertz CT molecular complexity index is 2420. The molecular weight excluding hydrogens is 562 g/mol. The molecule has 1 aliphatic carbocycles. The number of fused-ring (bicyclic) bond motifs is 6. The lowest BCUT2D eigenvalue weighted by atomic mass is 10.0. The number of allylic oxidation sites excluding steroid dienone is 1. The number of benzene rings is 6. The minimum absolute atomic E-state index is 0.250. The average Bonchev–Trinajstić information content (AvgIpc) is 3.62. The molecule has 0 saturated carbocycles. The van der Waals surface area contributed by atoms with E-state index in [1.807, 2.05) is 12.1 Å². The Morgan fingerprint density at radius 3 is 1.78 bits per heavy atom. The molecule has 0 bridgehead atoms. The molecule has 0 fully saturated rings. The van der Waals surface area contributed by atoms with Crippen LogP contribution in [0, 0.1) is 0 Å². The summed E-state index contributed by atoms with van der Waals surface area (Å²) in [4.78, 5) is 2.30. The third-order valence-corrected chi connectivity index (χ3v) is 9.23. The molecule has 0 unspecified atom stereocenters. The summed E-state index contributed by atoms with van der Waals surface area (Å²) in [5.74, 6) is 0.250. The highest BCUT2D eigenvalue weighted by molar-refractivity contribution is 6.11. The van der Waals surface area contributed by atoms with E-state index >= 15 is 0 Å².